The van der Waals surface area contributed by atoms with E-state index >= 15 is 0 Å². The molecule has 0 aliphatic rings. The molecule has 3 aromatic rings. The van der Waals surface area contributed by atoms with Crippen LogP contribution >= 0.6 is 0 Å². The quantitative estimate of drug-likeness (QED) is 0.616. The fourth-order valence-corrected chi connectivity index (χ4v) is 3.73. The summed E-state index contributed by atoms with van der Waals surface area (Å²) in [6, 6.07) is 10.3. The topological polar surface area (TPSA) is 97.0 Å². The largest absolute Gasteiger partial charge is 0.493 e. The Morgan fingerprint density at radius 1 is 1.19 bits per heavy atom. The summed E-state index contributed by atoms with van der Waals surface area (Å²) in [5.74, 6) is 0.718. The molecule has 3 rings (SSSR count). The smallest absolute Gasteiger partial charge is 0.262 e. The summed E-state index contributed by atoms with van der Waals surface area (Å²) in [5.41, 5.74) is 2.31. The molecule has 0 aliphatic carbocycles. The Morgan fingerprint density at radius 2 is 2.04 bits per heavy atom. The van der Waals surface area contributed by atoms with Gasteiger partial charge in [-0.3, -0.25) is 14.8 Å². The van der Waals surface area contributed by atoms with Crippen LogP contribution in [-0.4, -0.2) is 30.2 Å². The second-order valence-electron chi connectivity index (χ2n) is 5.95. The highest BCUT2D eigenvalue weighted by atomic mass is 32.2. The van der Waals surface area contributed by atoms with Crippen molar-refractivity contribution in [2.75, 3.05) is 11.3 Å². The van der Waals surface area contributed by atoms with E-state index in [9.17, 15) is 8.42 Å². The molecule has 0 amide bonds. The molecule has 0 spiro atoms. The number of benzene rings is 1. The number of ether oxygens (including phenoxy) is 1. The minimum absolute atomic E-state index is 0.177. The Hall–Kier alpha value is -2.87. The number of anilines is 1. The Kier molecular flexibility index (Phi) is 5.75. The van der Waals surface area contributed by atoms with E-state index in [1.54, 1.807) is 36.5 Å². The van der Waals surface area contributed by atoms with Crippen LogP contribution in [0.2, 0.25) is 0 Å². The van der Waals surface area contributed by atoms with E-state index in [-0.39, 0.29) is 4.90 Å². The number of hydrogen-bond donors (Lipinski definition) is 2. The molecule has 0 atom stereocenters. The van der Waals surface area contributed by atoms with E-state index in [4.69, 9.17) is 4.74 Å². The summed E-state index contributed by atoms with van der Waals surface area (Å²) in [4.78, 5) is 4.41. The van der Waals surface area contributed by atoms with Crippen LogP contribution in [0.3, 0.4) is 0 Å². The molecule has 2 aromatic heterocycles. The number of nitrogens with one attached hydrogen (secondary N) is 2. The first-order valence-corrected chi connectivity index (χ1v) is 10.3. The number of rotatable bonds is 8. The summed E-state index contributed by atoms with van der Waals surface area (Å²) in [5, 5.41) is 6.74. The third-order valence-electron chi connectivity index (χ3n) is 3.99. The van der Waals surface area contributed by atoms with E-state index in [0.29, 0.717) is 30.1 Å². The van der Waals surface area contributed by atoms with Gasteiger partial charge in [0.25, 0.3) is 10.0 Å². The Labute approximate surface area is 158 Å². The van der Waals surface area contributed by atoms with Crippen molar-refractivity contribution in [3.05, 3.63) is 54.4 Å². The third kappa shape index (κ3) is 4.28. The molecular formula is C19H22N4O3S. The van der Waals surface area contributed by atoms with Crippen molar-refractivity contribution in [3.8, 4) is 17.1 Å². The molecule has 0 saturated heterocycles. The second-order valence-corrected chi connectivity index (χ2v) is 7.63. The van der Waals surface area contributed by atoms with E-state index < -0.39 is 10.0 Å². The lowest BCUT2D eigenvalue weighted by Crippen LogP contribution is -2.14. The molecule has 0 aliphatic heterocycles. The van der Waals surface area contributed by atoms with Gasteiger partial charge in [0.05, 0.1) is 29.1 Å². The second kappa shape index (κ2) is 8.22. The van der Waals surface area contributed by atoms with Crippen molar-refractivity contribution in [3.63, 3.8) is 0 Å². The van der Waals surface area contributed by atoms with Crippen LogP contribution in [0.25, 0.3) is 11.4 Å². The molecule has 142 valence electrons. The number of pyridine rings is 1. The van der Waals surface area contributed by atoms with Gasteiger partial charge in [0.2, 0.25) is 0 Å². The van der Waals surface area contributed by atoms with Gasteiger partial charge in [-0.25, -0.2) is 8.42 Å². The number of nitrogens with zero attached hydrogens (tertiary/aromatic N) is 2. The van der Waals surface area contributed by atoms with E-state index in [1.165, 1.54) is 6.20 Å². The van der Waals surface area contributed by atoms with Crippen molar-refractivity contribution in [2.45, 2.75) is 31.6 Å². The van der Waals surface area contributed by atoms with Gasteiger partial charge >= 0.3 is 0 Å². The van der Waals surface area contributed by atoms with Crippen LogP contribution in [0.5, 0.6) is 5.75 Å². The molecular weight excluding hydrogens is 364 g/mol. The molecule has 7 nitrogen and oxygen atoms in total. The van der Waals surface area contributed by atoms with Crippen molar-refractivity contribution >= 4 is 15.7 Å². The summed E-state index contributed by atoms with van der Waals surface area (Å²) in [6.07, 6.45) is 4.63. The van der Waals surface area contributed by atoms with Crippen molar-refractivity contribution in [2.24, 2.45) is 0 Å². The van der Waals surface area contributed by atoms with Crippen LogP contribution in [0, 0.1) is 0 Å². The highest BCUT2D eigenvalue weighted by Crippen LogP contribution is 2.28. The van der Waals surface area contributed by atoms with Gasteiger partial charge in [-0.2, -0.15) is 5.10 Å². The average Bonchev–Trinajstić information content (AvgIpc) is 3.14. The average molecular weight is 386 g/mol. The molecule has 1 aromatic carbocycles. The van der Waals surface area contributed by atoms with E-state index in [0.717, 1.165) is 17.7 Å². The zero-order valence-corrected chi connectivity index (χ0v) is 16.1. The van der Waals surface area contributed by atoms with E-state index in [1.807, 2.05) is 19.9 Å². The first-order valence-electron chi connectivity index (χ1n) is 8.78. The van der Waals surface area contributed by atoms with Gasteiger partial charge in [-0.05, 0) is 48.7 Å². The molecule has 0 radical (unpaired) electrons. The van der Waals surface area contributed by atoms with Crippen molar-refractivity contribution in [1.29, 1.82) is 0 Å². The number of aromatic nitrogens is 3. The number of hydrogen-bond acceptors (Lipinski definition) is 5. The predicted octanol–water partition coefficient (Wildman–Crippen LogP) is 3.62. The number of aromatic amines is 1. The third-order valence-corrected chi connectivity index (χ3v) is 5.35. The van der Waals surface area contributed by atoms with Crippen LogP contribution in [0.1, 0.15) is 25.8 Å². The Morgan fingerprint density at radius 3 is 2.74 bits per heavy atom. The van der Waals surface area contributed by atoms with Gasteiger partial charge in [-0.1, -0.05) is 19.9 Å². The molecule has 2 N–H and O–H groups in total. The molecule has 0 bridgehead atoms. The summed E-state index contributed by atoms with van der Waals surface area (Å²) in [7, 11) is -3.78. The maximum atomic E-state index is 12.9. The predicted molar refractivity (Wildman–Crippen MR) is 104 cm³/mol. The molecule has 2 heterocycles. The lowest BCUT2D eigenvalue weighted by molar-refractivity contribution is 0.314. The van der Waals surface area contributed by atoms with E-state index in [2.05, 4.69) is 19.9 Å². The first-order chi connectivity index (χ1) is 13.0. The summed E-state index contributed by atoms with van der Waals surface area (Å²) in [6.45, 7) is 4.59. The minimum Gasteiger partial charge on any atom is -0.493 e. The van der Waals surface area contributed by atoms with Crippen LogP contribution in [-0.2, 0) is 16.4 Å². The highest BCUT2D eigenvalue weighted by Gasteiger charge is 2.20. The van der Waals surface area contributed by atoms with Crippen molar-refractivity contribution in [1.82, 2.24) is 15.2 Å². The lowest BCUT2D eigenvalue weighted by atomic mass is 10.1. The molecule has 0 unspecified atom stereocenters. The SMILES string of the molecule is CCCOc1ccc(S(=O)(=O)Nc2cn[nH]c2-c2ccccn2)cc1CC. The zero-order valence-electron chi connectivity index (χ0n) is 15.3. The monoisotopic (exact) mass is 386 g/mol. The molecule has 27 heavy (non-hydrogen) atoms. The number of H-pyrrole nitrogens is 1. The maximum Gasteiger partial charge on any atom is 0.262 e. The van der Waals surface area contributed by atoms with Gasteiger partial charge in [0.1, 0.15) is 11.4 Å². The summed E-state index contributed by atoms with van der Waals surface area (Å²) < 4.78 is 34.0. The summed E-state index contributed by atoms with van der Waals surface area (Å²) >= 11 is 0. The van der Waals surface area contributed by atoms with Crippen LogP contribution in [0.15, 0.2) is 53.7 Å². The maximum absolute atomic E-state index is 12.9. The van der Waals surface area contributed by atoms with Gasteiger partial charge in [0, 0.05) is 6.20 Å². The van der Waals surface area contributed by atoms with Gasteiger partial charge in [0.15, 0.2) is 0 Å². The number of aryl methyl sites for hydroxylation is 1. The molecule has 8 heteroatoms. The lowest BCUT2D eigenvalue weighted by Gasteiger charge is -2.13. The molecule has 0 saturated carbocycles. The first kappa shape index (κ1) is 18.9. The molecule has 0 fully saturated rings. The fraction of sp³-hybridized carbons (Fsp3) is 0.263. The van der Waals surface area contributed by atoms with Crippen LogP contribution < -0.4 is 9.46 Å². The zero-order chi connectivity index (χ0) is 19.3. The Balaban J connectivity index is 1.89. The van der Waals surface area contributed by atoms with Gasteiger partial charge < -0.3 is 4.74 Å². The highest BCUT2D eigenvalue weighted by molar-refractivity contribution is 7.92. The number of sulfonamides is 1. The van der Waals surface area contributed by atoms with Crippen LogP contribution in [0.4, 0.5) is 5.69 Å². The minimum atomic E-state index is -3.78. The standard InChI is InChI=1S/C19H22N4O3S/c1-3-11-26-18-9-8-15(12-14(18)4-2)27(24,25)23-17-13-21-22-19(17)16-7-5-6-10-20-16/h5-10,12-13,23H,3-4,11H2,1-2H3,(H,21,22). The van der Waals surface area contributed by atoms with Crippen molar-refractivity contribution < 1.29 is 13.2 Å². The Bertz CT molecular complexity index is 1000. The normalized spacial score (nSPS) is 11.3. The fourth-order valence-electron chi connectivity index (χ4n) is 2.63. The van der Waals surface area contributed by atoms with Gasteiger partial charge in [-0.15, -0.1) is 0 Å².